The lowest BCUT2D eigenvalue weighted by Crippen LogP contribution is -2.42. The van der Waals surface area contributed by atoms with Crippen molar-refractivity contribution in [3.8, 4) is 0 Å². The van der Waals surface area contributed by atoms with E-state index in [-0.39, 0.29) is 42.9 Å². The van der Waals surface area contributed by atoms with Crippen molar-refractivity contribution in [2.75, 3.05) is 32.1 Å². The Morgan fingerprint density at radius 2 is 1.91 bits per heavy atom. The Morgan fingerprint density at radius 3 is 2.62 bits per heavy atom. The van der Waals surface area contributed by atoms with E-state index in [1.54, 1.807) is 42.5 Å². The van der Waals surface area contributed by atoms with Crippen LogP contribution in [0.2, 0.25) is 5.15 Å². The molecule has 2 aromatic heterocycles. The number of carbonyl (C=O) groups excluding carboxylic acids is 4. The fourth-order valence-corrected chi connectivity index (χ4v) is 3.27. The molecule has 4 amide bonds. The zero-order valence-corrected chi connectivity index (χ0v) is 18.9. The van der Waals surface area contributed by atoms with E-state index in [0.717, 1.165) is 0 Å². The van der Waals surface area contributed by atoms with Gasteiger partial charge in [-0.2, -0.15) is 5.10 Å². The van der Waals surface area contributed by atoms with Crippen molar-refractivity contribution in [2.45, 2.75) is 6.54 Å². The third-order valence-corrected chi connectivity index (χ3v) is 4.86. The van der Waals surface area contributed by atoms with Gasteiger partial charge in [0.15, 0.2) is 5.69 Å². The van der Waals surface area contributed by atoms with E-state index in [2.05, 4.69) is 20.7 Å². The lowest BCUT2D eigenvalue weighted by molar-refractivity contribution is -0.135. The number of nitrogens with one attached hydrogen (secondary N) is 2. The summed E-state index contributed by atoms with van der Waals surface area (Å²) in [6.45, 7) is -0.854. The maximum Gasteiger partial charge on any atom is 0.406 e. The molecule has 0 saturated heterocycles. The zero-order valence-electron chi connectivity index (χ0n) is 18.2. The number of hydrogen-bond acceptors (Lipinski definition) is 7. The number of pyridine rings is 1. The highest BCUT2D eigenvalue weighted by Gasteiger charge is 2.22. The molecule has 0 spiro atoms. The molecular formula is C21H22ClN7O5. The van der Waals surface area contributed by atoms with Gasteiger partial charge in [0, 0.05) is 12.4 Å². The van der Waals surface area contributed by atoms with E-state index in [0.29, 0.717) is 10.9 Å². The number of primary amides is 1. The van der Waals surface area contributed by atoms with Gasteiger partial charge in [-0.3, -0.25) is 19.1 Å². The van der Waals surface area contributed by atoms with E-state index in [1.165, 1.54) is 16.6 Å². The molecule has 178 valence electrons. The molecule has 1 aromatic carbocycles. The quantitative estimate of drug-likeness (QED) is 0.379. The average molecular weight is 488 g/mol. The van der Waals surface area contributed by atoms with Crippen molar-refractivity contribution in [3.05, 3.63) is 53.3 Å². The summed E-state index contributed by atoms with van der Waals surface area (Å²) in [5.41, 5.74) is 5.96. The maximum absolute atomic E-state index is 13.1. The van der Waals surface area contributed by atoms with Gasteiger partial charge in [-0.05, 0) is 18.2 Å². The topological polar surface area (TPSA) is 162 Å². The molecule has 12 nitrogen and oxygen atoms in total. The van der Waals surface area contributed by atoms with Crippen molar-refractivity contribution >= 4 is 52.1 Å². The van der Waals surface area contributed by atoms with Gasteiger partial charge in [-0.1, -0.05) is 35.9 Å². The molecule has 0 aliphatic heterocycles. The van der Waals surface area contributed by atoms with Gasteiger partial charge in [-0.15, -0.1) is 0 Å². The molecule has 0 atom stereocenters. The van der Waals surface area contributed by atoms with Gasteiger partial charge in [0.1, 0.15) is 30.7 Å². The van der Waals surface area contributed by atoms with Crippen LogP contribution in [0.15, 0.2) is 42.5 Å². The number of rotatable bonds is 9. The fourth-order valence-electron chi connectivity index (χ4n) is 3.10. The number of nitrogens with zero attached hydrogens (tertiary/aromatic N) is 4. The van der Waals surface area contributed by atoms with Gasteiger partial charge in [0.2, 0.25) is 11.8 Å². The number of ether oxygens (including phenoxy) is 1. The molecule has 0 bridgehead atoms. The molecule has 0 unspecified atom stereocenters. The van der Waals surface area contributed by atoms with Gasteiger partial charge in [0.05, 0.1) is 12.1 Å². The van der Waals surface area contributed by atoms with Crippen molar-refractivity contribution in [3.63, 3.8) is 0 Å². The van der Waals surface area contributed by atoms with Crippen LogP contribution in [-0.2, 0) is 20.9 Å². The van der Waals surface area contributed by atoms with E-state index in [1.807, 2.05) is 0 Å². The SMILES string of the molecule is CNC(=O)OCCN(CC(=O)Nc1cccc(Cl)n1)C(=O)Cn1nc(C(N)=O)c2ccccc21. The van der Waals surface area contributed by atoms with Crippen LogP contribution in [0.1, 0.15) is 10.5 Å². The lowest BCUT2D eigenvalue weighted by Gasteiger charge is -2.22. The number of amides is 4. The van der Waals surface area contributed by atoms with Gasteiger partial charge < -0.3 is 26.0 Å². The van der Waals surface area contributed by atoms with Crippen molar-refractivity contribution < 1.29 is 23.9 Å². The van der Waals surface area contributed by atoms with Crippen molar-refractivity contribution in [1.29, 1.82) is 0 Å². The highest BCUT2D eigenvalue weighted by Crippen LogP contribution is 2.18. The predicted octanol–water partition coefficient (Wildman–Crippen LogP) is 1.01. The molecular weight excluding hydrogens is 466 g/mol. The molecule has 2 heterocycles. The molecule has 0 radical (unpaired) electrons. The third kappa shape index (κ3) is 6.19. The molecule has 34 heavy (non-hydrogen) atoms. The van der Waals surface area contributed by atoms with Crippen molar-refractivity contribution in [1.82, 2.24) is 25.0 Å². The molecule has 4 N–H and O–H groups in total. The Hall–Kier alpha value is -4.19. The summed E-state index contributed by atoms with van der Waals surface area (Å²) in [6.07, 6.45) is -0.677. The van der Waals surface area contributed by atoms with Gasteiger partial charge >= 0.3 is 6.09 Å². The predicted molar refractivity (Wildman–Crippen MR) is 123 cm³/mol. The van der Waals surface area contributed by atoms with E-state index in [4.69, 9.17) is 22.1 Å². The molecule has 3 rings (SSSR count). The summed E-state index contributed by atoms with van der Waals surface area (Å²) < 4.78 is 6.29. The van der Waals surface area contributed by atoms with E-state index < -0.39 is 23.8 Å². The molecule has 0 aliphatic carbocycles. The molecule has 3 aromatic rings. The number of para-hydroxylation sites is 1. The number of halogens is 1. The summed E-state index contributed by atoms with van der Waals surface area (Å²) in [5.74, 6) is -1.55. The average Bonchev–Trinajstić information content (AvgIpc) is 3.17. The van der Waals surface area contributed by atoms with Crippen LogP contribution in [0, 0.1) is 0 Å². The Morgan fingerprint density at radius 1 is 1.15 bits per heavy atom. The minimum atomic E-state index is -0.730. The normalized spacial score (nSPS) is 10.5. The minimum absolute atomic E-state index is 0.0303. The molecule has 0 fully saturated rings. The summed E-state index contributed by atoms with van der Waals surface area (Å²) in [7, 11) is 1.40. The van der Waals surface area contributed by atoms with Crippen LogP contribution in [0.3, 0.4) is 0 Å². The van der Waals surface area contributed by atoms with E-state index in [9.17, 15) is 19.2 Å². The Kier molecular flexibility index (Phi) is 7.98. The number of carbonyl (C=O) groups is 4. The van der Waals surface area contributed by atoms with Crippen LogP contribution in [0.25, 0.3) is 10.9 Å². The first kappa shape index (κ1) is 24.5. The summed E-state index contributed by atoms with van der Waals surface area (Å²) >= 11 is 5.83. The number of fused-ring (bicyclic) bond motifs is 1. The van der Waals surface area contributed by atoms with Crippen LogP contribution in [0.4, 0.5) is 10.6 Å². The monoisotopic (exact) mass is 487 g/mol. The standard InChI is InChI=1S/C21H22ClN7O5/c1-24-21(33)34-10-9-28(11-17(30)26-16-8-4-7-15(22)25-16)18(31)12-29-14-6-3-2-5-13(14)19(27-29)20(23)32/h2-8H,9-12H2,1H3,(H2,23,32)(H,24,33)(H,25,26,30). The van der Waals surface area contributed by atoms with Crippen LogP contribution in [-0.4, -0.2) is 70.2 Å². The summed E-state index contributed by atoms with van der Waals surface area (Å²) in [4.78, 5) is 54.0. The summed E-state index contributed by atoms with van der Waals surface area (Å²) in [6, 6.07) is 11.5. The second-order valence-corrected chi connectivity index (χ2v) is 7.37. The molecule has 0 saturated carbocycles. The second kappa shape index (κ2) is 11.1. The maximum atomic E-state index is 13.1. The highest BCUT2D eigenvalue weighted by atomic mass is 35.5. The number of anilines is 1. The molecule has 13 heteroatoms. The first-order valence-corrected chi connectivity index (χ1v) is 10.5. The first-order chi connectivity index (χ1) is 16.3. The fraction of sp³-hybridized carbons (Fsp3) is 0.238. The number of hydrogen-bond donors (Lipinski definition) is 3. The third-order valence-electron chi connectivity index (χ3n) is 4.64. The zero-order chi connectivity index (χ0) is 24.7. The number of nitrogens with two attached hydrogens (primary N) is 1. The smallest absolute Gasteiger partial charge is 0.406 e. The van der Waals surface area contributed by atoms with E-state index >= 15 is 0 Å². The second-order valence-electron chi connectivity index (χ2n) is 6.98. The summed E-state index contributed by atoms with van der Waals surface area (Å²) in [5, 5.41) is 9.72. The Balaban J connectivity index is 1.77. The Bertz CT molecular complexity index is 1230. The Labute approximate surface area is 199 Å². The lowest BCUT2D eigenvalue weighted by atomic mass is 10.2. The van der Waals surface area contributed by atoms with Crippen LogP contribution >= 0.6 is 11.6 Å². The molecule has 0 aliphatic rings. The number of aromatic nitrogens is 3. The van der Waals surface area contributed by atoms with Gasteiger partial charge in [-0.25, -0.2) is 9.78 Å². The van der Waals surface area contributed by atoms with Crippen LogP contribution < -0.4 is 16.4 Å². The number of benzene rings is 1. The van der Waals surface area contributed by atoms with Crippen molar-refractivity contribution in [2.24, 2.45) is 5.73 Å². The largest absolute Gasteiger partial charge is 0.448 e. The minimum Gasteiger partial charge on any atom is -0.448 e. The van der Waals surface area contributed by atoms with Gasteiger partial charge in [0.25, 0.3) is 5.91 Å². The highest BCUT2D eigenvalue weighted by molar-refractivity contribution is 6.29. The number of alkyl carbamates (subject to hydrolysis) is 1. The van der Waals surface area contributed by atoms with Crippen LogP contribution in [0.5, 0.6) is 0 Å². The first-order valence-electron chi connectivity index (χ1n) is 10.1.